The third-order valence-corrected chi connectivity index (χ3v) is 5.87. The molecule has 1 amide bonds. The fraction of sp³-hybridized carbons (Fsp3) is 0.286. The largest absolute Gasteiger partial charge is 0.493 e. The van der Waals surface area contributed by atoms with E-state index in [0.717, 1.165) is 28.2 Å². The van der Waals surface area contributed by atoms with E-state index < -0.39 is 0 Å². The van der Waals surface area contributed by atoms with Crippen molar-refractivity contribution in [2.75, 3.05) is 20.8 Å². The second-order valence-corrected chi connectivity index (χ2v) is 8.43. The molecule has 0 radical (unpaired) electrons. The van der Waals surface area contributed by atoms with Crippen molar-refractivity contribution < 1.29 is 19.0 Å². The molecular weight excluding hydrogens is 442 g/mol. The van der Waals surface area contributed by atoms with Gasteiger partial charge in [0.2, 0.25) is 5.91 Å². The summed E-state index contributed by atoms with van der Waals surface area (Å²) in [4.78, 5) is 17.7. The minimum absolute atomic E-state index is 0.0979. The molecule has 35 heavy (non-hydrogen) atoms. The van der Waals surface area contributed by atoms with Gasteiger partial charge in [0, 0.05) is 0 Å². The molecule has 3 aromatic carbocycles. The average Bonchev–Trinajstić information content (AvgIpc) is 3.24. The lowest BCUT2D eigenvalue weighted by Gasteiger charge is -2.17. The summed E-state index contributed by atoms with van der Waals surface area (Å²) in [6.45, 7) is 5.10. The van der Waals surface area contributed by atoms with E-state index in [1.807, 2.05) is 67.6 Å². The zero-order valence-corrected chi connectivity index (χ0v) is 20.6. The Hall–Kier alpha value is -4.00. The number of hydrogen-bond donors (Lipinski definition) is 1. The Bertz CT molecular complexity index is 1300. The Morgan fingerprint density at radius 3 is 2.49 bits per heavy atom. The van der Waals surface area contributed by atoms with Crippen LogP contribution in [-0.2, 0) is 17.8 Å². The zero-order valence-electron chi connectivity index (χ0n) is 20.6. The third kappa shape index (κ3) is 5.74. The smallest absolute Gasteiger partial charge is 0.224 e. The van der Waals surface area contributed by atoms with Crippen molar-refractivity contribution >= 4 is 16.9 Å². The molecule has 7 heteroatoms. The number of amides is 1. The summed E-state index contributed by atoms with van der Waals surface area (Å²) in [6, 6.07) is 21.2. The van der Waals surface area contributed by atoms with Gasteiger partial charge in [-0.2, -0.15) is 0 Å². The standard InChI is InChI=1S/C28H31N3O4/c1-19-9-12-22(13-10-19)35-16-15-31-24-8-6-5-7-23(24)30-28(31)20(2)29-27(32)18-21-11-14-25(33-3)26(17-21)34-4/h5-14,17,20H,15-16,18H2,1-4H3,(H,29,32). The third-order valence-electron chi connectivity index (χ3n) is 5.87. The first-order valence-corrected chi connectivity index (χ1v) is 11.6. The van der Waals surface area contributed by atoms with Crippen molar-refractivity contribution in [3.63, 3.8) is 0 Å². The number of carbonyl (C=O) groups is 1. The van der Waals surface area contributed by atoms with Crippen LogP contribution in [0.5, 0.6) is 17.2 Å². The molecule has 4 aromatic rings. The molecule has 0 aliphatic heterocycles. The van der Waals surface area contributed by atoms with Crippen molar-refractivity contribution in [1.82, 2.24) is 14.9 Å². The Kier molecular flexibility index (Phi) is 7.55. The first-order chi connectivity index (χ1) is 17.0. The monoisotopic (exact) mass is 473 g/mol. The molecule has 1 unspecified atom stereocenters. The highest BCUT2D eigenvalue weighted by molar-refractivity contribution is 5.80. The number of imidazole rings is 1. The van der Waals surface area contributed by atoms with Gasteiger partial charge in [-0.1, -0.05) is 35.9 Å². The number of fused-ring (bicyclic) bond motifs is 1. The fourth-order valence-corrected chi connectivity index (χ4v) is 4.08. The molecule has 0 aliphatic rings. The lowest BCUT2D eigenvalue weighted by molar-refractivity contribution is -0.121. The first-order valence-electron chi connectivity index (χ1n) is 11.6. The normalized spacial score (nSPS) is 11.8. The van der Waals surface area contributed by atoms with Crippen LogP contribution in [0, 0.1) is 6.92 Å². The number of carbonyl (C=O) groups excluding carboxylic acids is 1. The number of ether oxygens (including phenoxy) is 3. The number of aryl methyl sites for hydroxylation is 1. The second kappa shape index (κ2) is 11.0. The Balaban J connectivity index is 1.47. The molecule has 182 valence electrons. The van der Waals surface area contributed by atoms with E-state index in [9.17, 15) is 4.79 Å². The summed E-state index contributed by atoms with van der Waals surface area (Å²) in [5.74, 6) is 2.75. The van der Waals surface area contributed by atoms with Crippen LogP contribution in [0.2, 0.25) is 0 Å². The summed E-state index contributed by atoms with van der Waals surface area (Å²) in [6.07, 6.45) is 0.224. The molecule has 0 spiro atoms. The van der Waals surface area contributed by atoms with Crippen LogP contribution in [0.3, 0.4) is 0 Å². The number of rotatable bonds is 10. The topological polar surface area (TPSA) is 74.6 Å². The minimum atomic E-state index is -0.283. The van der Waals surface area contributed by atoms with Gasteiger partial charge >= 0.3 is 0 Å². The molecule has 0 saturated heterocycles. The lowest BCUT2D eigenvalue weighted by atomic mass is 10.1. The summed E-state index contributed by atoms with van der Waals surface area (Å²) in [5.41, 5.74) is 3.93. The van der Waals surface area contributed by atoms with Crippen LogP contribution >= 0.6 is 0 Å². The van der Waals surface area contributed by atoms with E-state index in [-0.39, 0.29) is 18.4 Å². The molecule has 0 fully saturated rings. The number of para-hydroxylation sites is 2. The summed E-state index contributed by atoms with van der Waals surface area (Å²) < 4.78 is 18.7. The molecule has 7 nitrogen and oxygen atoms in total. The molecule has 4 rings (SSSR count). The predicted molar refractivity (Wildman–Crippen MR) is 136 cm³/mol. The van der Waals surface area contributed by atoms with Gasteiger partial charge in [0.1, 0.15) is 18.2 Å². The number of nitrogens with zero attached hydrogens (tertiary/aromatic N) is 2. The lowest BCUT2D eigenvalue weighted by Crippen LogP contribution is -2.30. The number of nitrogens with one attached hydrogen (secondary N) is 1. The van der Waals surface area contributed by atoms with Crippen molar-refractivity contribution in [1.29, 1.82) is 0 Å². The van der Waals surface area contributed by atoms with E-state index >= 15 is 0 Å². The molecule has 1 aromatic heterocycles. The summed E-state index contributed by atoms with van der Waals surface area (Å²) in [5, 5.41) is 3.09. The van der Waals surface area contributed by atoms with Gasteiger partial charge in [-0.05, 0) is 55.8 Å². The maximum atomic E-state index is 12.9. The Morgan fingerprint density at radius 2 is 1.74 bits per heavy atom. The molecule has 1 N–H and O–H groups in total. The number of methoxy groups -OCH3 is 2. The number of hydrogen-bond acceptors (Lipinski definition) is 5. The summed E-state index contributed by atoms with van der Waals surface area (Å²) in [7, 11) is 3.17. The molecule has 0 bridgehead atoms. The van der Waals surface area contributed by atoms with Gasteiger partial charge in [-0.3, -0.25) is 4.79 Å². The van der Waals surface area contributed by atoms with Crippen LogP contribution < -0.4 is 19.5 Å². The van der Waals surface area contributed by atoms with E-state index in [1.165, 1.54) is 5.56 Å². The van der Waals surface area contributed by atoms with Crippen LogP contribution in [0.15, 0.2) is 66.7 Å². The first kappa shape index (κ1) is 24.1. The Morgan fingerprint density at radius 1 is 1.00 bits per heavy atom. The highest BCUT2D eigenvalue weighted by atomic mass is 16.5. The minimum Gasteiger partial charge on any atom is -0.493 e. The van der Waals surface area contributed by atoms with Crippen molar-refractivity contribution in [3.8, 4) is 17.2 Å². The van der Waals surface area contributed by atoms with Crippen LogP contribution in [0.4, 0.5) is 0 Å². The van der Waals surface area contributed by atoms with Crippen molar-refractivity contribution in [2.45, 2.75) is 32.9 Å². The molecule has 0 aliphatic carbocycles. The van der Waals surface area contributed by atoms with Gasteiger partial charge in [0.15, 0.2) is 11.5 Å². The molecular formula is C28H31N3O4. The van der Waals surface area contributed by atoms with Crippen molar-refractivity contribution in [3.05, 3.63) is 83.7 Å². The highest BCUT2D eigenvalue weighted by Crippen LogP contribution is 2.28. The SMILES string of the molecule is COc1ccc(CC(=O)NC(C)c2nc3ccccc3n2CCOc2ccc(C)cc2)cc1OC. The van der Waals surface area contributed by atoms with E-state index in [2.05, 4.69) is 16.8 Å². The van der Waals surface area contributed by atoms with E-state index in [1.54, 1.807) is 20.3 Å². The highest BCUT2D eigenvalue weighted by Gasteiger charge is 2.19. The number of aromatic nitrogens is 2. The average molecular weight is 474 g/mol. The van der Waals surface area contributed by atoms with Crippen LogP contribution in [0.1, 0.15) is 29.9 Å². The Labute approximate surface area is 205 Å². The van der Waals surface area contributed by atoms with Crippen LogP contribution in [-0.4, -0.2) is 36.3 Å². The van der Waals surface area contributed by atoms with Crippen molar-refractivity contribution in [2.24, 2.45) is 0 Å². The van der Waals surface area contributed by atoms with Gasteiger partial charge < -0.3 is 24.1 Å². The quantitative estimate of drug-likeness (QED) is 0.356. The maximum Gasteiger partial charge on any atom is 0.224 e. The second-order valence-electron chi connectivity index (χ2n) is 8.43. The molecule has 1 heterocycles. The molecule has 1 atom stereocenters. The molecule has 0 saturated carbocycles. The zero-order chi connectivity index (χ0) is 24.8. The fourth-order valence-electron chi connectivity index (χ4n) is 4.08. The summed E-state index contributed by atoms with van der Waals surface area (Å²) >= 11 is 0. The van der Waals surface area contributed by atoms with E-state index in [4.69, 9.17) is 19.2 Å². The van der Waals surface area contributed by atoms with Gasteiger partial charge in [0.05, 0.1) is 44.3 Å². The predicted octanol–water partition coefficient (Wildman–Crippen LogP) is 4.86. The number of benzene rings is 3. The van der Waals surface area contributed by atoms with Crippen LogP contribution in [0.25, 0.3) is 11.0 Å². The van der Waals surface area contributed by atoms with E-state index in [0.29, 0.717) is 24.7 Å². The van der Waals surface area contributed by atoms with Gasteiger partial charge in [0.25, 0.3) is 0 Å². The maximum absolute atomic E-state index is 12.9. The van der Waals surface area contributed by atoms with Gasteiger partial charge in [-0.15, -0.1) is 0 Å². The van der Waals surface area contributed by atoms with Gasteiger partial charge in [-0.25, -0.2) is 4.98 Å².